The van der Waals surface area contributed by atoms with E-state index in [1.54, 1.807) is 6.20 Å². The van der Waals surface area contributed by atoms with Crippen molar-refractivity contribution in [3.63, 3.8) is 0 Å². The van der Waals surface area contributed by atoms with E-state index in [0.717, 1.165) is 17.9 Å². The second-order valence-corrected chi connectivity index (χ2v) is 4.84. The molecule has 0 aliphatic heterocycles. The van der Waals surface area contributed by atoms with Crippen LogP contribution in [0, 0.1) is 6.92 Å². The molecule has 0 fully saturated rings. The number of rotatable bonds is 4. The van der Waals surface area contributed by atoms with Crippen LogP contribution in [0.1, 0.15) is 11.1 Å². The highest BCUT2D eigenvalue weighted by atomic mass is 15.3. The molecule has 0 unspecified atom stereocenters. The van der Waals surface area contributed by atoms with Crippen molar-refractivity contribution >= 4 is 5.69 Å². The summed E-state index contributed by atoms with van der Waals surface area (Å²) in [6.45, 7) is 2.92. The molecule has 100 valence electrons. The van der Waals surface area contributed by atoms with Gasteiger partial charge in [-0.3, -0.25) is 0 Å². The summed E-state index contributed by atoms with van der Waals surface area (Å²) in [5, 5.41) is 7.64. The van der Waals surface area contributed by atoms with Crippen molar-refractivity contribution in [2.45, 2.75) is 13.5 Å². The predicted octanol–water partition coefficient (Wildman–Crippen LogP) is 3.79. The molecule has 0 bridgehead atoms. The Morgan fingerprint density at radius 1 is 1.00 bits per heavy atom. The summed E-state index contributed by atoms with van der Waals surface area (Å²) >= 11 is 0. The molecule has 0 saturated carbocycles. The lowest BCUT2D eigenvalue weighted by Gasteiger charge is -2.08. The maximum Gasteiger partial charge on any atom is 0.0645 e. The summed E-state index contributed by atoms with van der Waals surface area (Å²) in [6, 6.07) is 18.8. The number of nitrogens with one attached hydrogen (secondary N) is 1. The maximum absolute atomic E-state index is 4.22. The first-order chi connectivity index (χ1) is 9.81. The zero-order valence-electron chi connectivity index (χ0n) is 11.5. The van der Waals surface area contributed by atoms with E-state index in [0.29, 0.717) is 0 Å². The summed E-state index contributed by atoms with van der Waals surface area (Å²) in [4.78, 5) is 0. The van der Waals surface area contributed by atoms with Crippen molar-refractivity contribution in [1.29, 1.82) is 0 Å². The van der Waals surface area contributed by atoms with E-state index in [2.05, 4.69) is 65.9 Å². The van der Waals surface area contributed by atoms with Gasteiger partial charge in [-0.1, -0.05) is 29.8 Å². The molecule has 3 heteroatoms. The number of aryl methyl sites for hydroxylation is 1. The number of benzene rings is 2. The zero-order chi connectivity index (χ0) is 13.8. The Morgan fingerprint density at radius 3 is 2.40 bits per heavy atom. The van der Waals surface area contributed by atoms with Crippen molar-refractivity contribution in [3.05, 3.63) is 78.1 Å². The summed E-state index contributed by atoms with van der Waals surface area (Å²) in [5.41, 5.74) is 4.75. The topological polar surface area (TPSA) is 29.9 Å². The van der Waals surface area contributed by atoms with E-state index >= 15 is 0 Å². The van der Waals surface area contributed by atoms with Crippen molar-refractivity contribution in [1.82, 2.24) is 9.78 Å². The molecular weight excluding hydrogens is 246 g/mol. The minimum atomic E-state index is 0.822. The van der Waals surface area contributed by atoms with Crippen LogP contribution >= 0.6 is 0 Å². The smallest absolute Gasteiger partial charge is 0.0645 e. The van der Waals surface area contributed by atoms with Crippen LogP contribution in [0.5, 0.6) is 0 Å². The summed E-state index contributed by atoms with van der Waals surface area (Å²) in [7, 11) is 0. The number of hydrogen-bond acceptors (Lipinski definition) is 2. The highest BCUT2D eigenvalue weighted by Gasteiger charge is 1.97. The molecule has 2 aromatic carbocycles. The number of nitrogens with zero attached hydrogens (tertiary/aromatic N) is 2. The fourth-order valence-electron chi connectivity index (χ4n) is 2.06. The fourth-order valence-corrected chi connectivity index (χ4v) is 2.06. The first kappa shape index (κ1) is 12.5. The largest absolute Gasteiger partial charge is 0.381 e. The lowest BCUT2D eigenvalue weighted by atomic mass is 10.2. The highest BCUT2D eigenvalue weighted by molar-refractivity contribution is 5.45. The quantitative estimate of drug-likeness (QED) is 0.776. The molecule has 3 nitrogen and oxygen atoms in total. The first-order valence-electron chi connectivity index (χ1n) is 6.71. The molecule has 1 N–H and O–H groups in total. The third-order valence-electron chi connectivity index (χ3n) is 3.25. The van der Waals surface area contributed by atoms with Gasteiger partial charge in [0.2, 0.25) is 0 Å². The molecule has 1 aromatic heterocycles. The van der Waals surface area contributed by atoms with Gasteiger partial charge >= 0.3 is 0 Å². The normalized spacial score (nSPS) is 10.4. The van der Waals surface area contributed by atoms with E-state index in [-0.39, 0.29) is 0 Å². The van der Waals surface area contributed by atoms with Gasteiger partial charge in [0.05, 0.1) is 5.69 Å². The molecule has 0 aliphatic carbocycles. The second-order valence-electron chi connectivity index (χ2n) is 4.84. The van der Waals surface area contributed by atoms with E-state index in [4.69, 9.17) is 0 Å². The van der Waals surface area contributed by atoms with Gasteiger partial charge in [-0.25, -0.2) is 4.68 Å². The number of aromatic nitrogens is 2. The lowest BCUT2D eigenvalue weighted by Crippen LogP contribution is -2.00. The number of hydrogen-bond donors (Lipinski definition) is 1. The van der Waals surface area contributed by atoms with Crippen molar-refractivity contribution in [2.75, 3.05) is 5.32 Å². The zero-order valence-corrected chi connectivity index (χ0v) is 11.5. The molecule has 0 atom stereocenters. The Labute approximate surface area is 118 Å². The van der Waals surface area contributed by atoms with Crippen LogP contribution < -0.4 is 5.32 Å². The van der Waals surface area contributed by atoms with Crippen molar-refractivity contribution in [3.8, 4) is 5.69 Å². The molecule has 0 aliphatic rings. The van der Waals surface area contributed by atoms with Crippen LogP contribution in [-0.4, -0.2) is 9.78 Å². The van der Waals surface area contributed by atoms with Gasteiger partial charge in [0.25, 0.3) is 0 Å². The van der Waals surface area contributed by atoms with Crippen LogP contribution in [0.2, 0.25) is 0 Å². The minimum Gasteiger partial charge on any atom is -0.381 e. The Bertz CT molecular complexity index is 652. The summed E-state index contributed by atoms with van der Waals surface area (Å²) in [6.07, 6.45) is 3.73. The SMILES string of the molecule is Cc1ccc(NCc2ccc(-n3cccn3)cc2)cc1. The van der Waals surface area contributed by atoms with Crippen LogP contribution in [0.25, 0.3) is 5.69 Å². The van der Waals surface area contributed by atoms with Crippen LogP contribution in [-0.2, 0) is 6.54 Å². The van der Waals surface area contributed by atoms with Crippen molar-refractivity contribution in [2.24, 2.45) is 0 Å². The van der Waals surface area contributed by atoms with E-state index < -0.39 is 0 Å². The van der Waals surface area contributed by atoms with Gasteiger partial charge in [-0.2, -0.15) is 5.10 Å². The standard InChI is InChI=1S/C17H17N3/c1-14-3-7-16(8-4-14)18-13-15-5-9-17(10-6-15)20-12-2-11-19-20/h2-12,18H,13H2,1H3. The third kappa shape index (κ3) is 2.88. The molecule has 1 heterocycles. The fraction of sp³-hybridized carbons (Fsp3) is 0.118. The van der Waals surface area contributed by atoms with E-state index in [1.807, 2.05) is 16.9 Å². The molecule has 3 rings (SSSR count). The van der Waals surface area contributed by atoms with Gasteiger partial charge < -0.3 is 5.32 Å². The Hall–Kier alpha value is -2.55. The molecular formula is C17H17N3. The molecule has 0 amide bonds. The van der Waals surface area contributed by atoms with Gasteiger partial charge in [0.15, 0.2) is 0 Å². The van der Waals surface area contributed by atoms with Crippen LogP contribution in [0.4, 0.5) is 5.69 Å². The van der Waals surface area contributed by atoms with Crippen molar-refractivity contribution < 1.29 is 0 Å². The lowest BCUT2D eigenvalue weighted by molar-refractivity contribution is 0.879. The molecule has 0 spiro atoms. The first-order valence-corrected chi connectivity index (χ1v) is 6.71. The molecule has 0 radical (unpaired) electrons. The van der Waals surface area contributed by atoms with Crippen LogP contribution in [0.3, 0.4) is 0 Å². The summed E-state index contributed by atoms with van der Waals surface area (Å²) in [5.74, 6) is 0. The predicted molar refractivity (Wildman–Crippen MR) is 82.1 cm³/mol. The van der Waals surface area contributed by atoms with Gasteiger partial charge in [0.1, 0.15) is 0 Å². The average Bonchev–Trinajstić information content (AvgIpc) is 3.01. The van der Waals surface area contributed by atoms with E-state index in [9.17, 15) is 0 Å². The summed E-state index contributed by atoms with van der Waals surface area (Å²) < 4.78 is 1.86. The number of anilines is 1. The van der Waals surface area contributed by atoms with Gasteiger partial charge in [-0.05, 0) is 42.8 Å². The van der Waals surface area contributed by atoms with E-state index in [1.165, 1.54) is 11.1 Å². The Morgan fingerprint density at radius 2 is 1.75 bits per heavy atom. The highest BCUT2D eigenvalue weighted by Crippen LogP contribution is 2.12. The molecule has 3 aromatic rings. The van der Waals surface area contributed by atoms with Gasteiger partial charge in [0, 0.05) is 24.6 Å². The monoisotopic (exact) mass is 263 g/mol. The second kappa shape index (κ2) is 5.61. The van der Waals surface area contributed by atoms with Gasteiger partial charge in [-0.15, -0.1) is 0 Å². The maximum atomic E-state index is 4.22. The Balaban J connectivity index is 1.65. The van der Waals surface area contributed by atoms with Crippen LogP contribution in [0.15, 0.2) is 67.0 Å². The third-order valence-corrected chi connectivity index (χ3v) is 3.25. The molecule has 0 saturated heterocycles. The Kier molecular flexibility index (Phi) is 3.50. The molecule has 20 heavy (non-hydrogen) atoms. The average molecular weight is 263 g/mol. The minimum absolute atomic E-state index is 0.822.